The van der Waals surface area contributed by atoms with Crippen LogP contribution in [0.1, 0.15) is 69.4 Å². The van der Waals surface area contributed by atoms with Gasteiger partial charge in [-0.05, 0) is 77.2 Å². The Hall–Kier alpha value is -1.24. The molecule has 0 aliphatic rings. The van der Waals surface area contributed by atoms with Gasteiger partial charge in [-0.1, -0.05) is 48.5 Å². The Morgan fingerprint density at radius 3 is 1.07 bits per heavy atom. The SMILES string of the molecule is O=C(O)c1cccc(CC(c2cccc(C(=O)O)c2)(c2cccc(C(=O)O)c2)c2cccc(C(=O)O)c2)c1.[H-].[H-].[H-].[H-].[Na+].[Na+].[Na+].[Na+]. The van der Waals surface area contributed by atoms with Crippen LogP contribution in [0.4, 0.5) is 0 Å². The van der Waals surface area contributed by atoms with Crippen molar-refractivity contribution in [1.82, 2.24) is 0 Å². The van der Waals surface area contributed by atoms with Crippen LogP contribution < -0.4 is 118 Å². The summed E-state index contributed by atoms with van der Waals surface area (Å²) in [5, 5.41) is 38.7. The molecule has 0 fully saturated rings. The quantitative estimate of drug-likeness (QED) is 0.109. The Morgan fingerprint density at radius 1 is 0.476 bits per heavy atom. The maximum atomic E-state index is 11.9. The van der Waals surface area contributed by atoms with E-state index in [1.165, 1.54) is 48.5 Å². The molecule has 0 heterocycles. The van der Waals surface area contributed by atoms with E-state index in [2.05, 4.69) is 0 Å². The fraction of sp³-hybridized carbons (Fsp3) is 0.0667. The molecule has 0 spiro atoms. The normalized spacial score (nSPS) is 10.0. The summed E-state index contributed by atoms with van der Waals surface area (Å²) in [5.74, 6) is -4.65. The average Bonchev–Trinajstić information content (AvgIpc) is 2.92. The van der Waals surface area contributed by atoms with Crippen molar-refractivity contribution in [2.45, 2.75) is 11.8 Å². The average molecular weight is 606 g/mol. The van der Waals surface area contributed by atoms with E-state index in [1.54, 1.807) is 48.5 Å². The van der Waals surface area contributed by atoms with Crippen molar-refractivity contribution in [3.63, 3.8) is 0 Å². The zero-order valence-corrected chi connectivity index (χ0v) is 31.9. The Kier molecular flexibility index (Phi) is 17.4. The van der Waals surface area contributed by atoms with Gasteiger partial charge in [0.15, 0.2) is 0 Å². The van der Waals surface area contributed by atoms with Gasteiger partial charge in [0.05, 0.1) is 22.3 Å². The van der Waals surface area contributed by atoms with Gasteiger partial charge in [0.25, 0.3) is 0 Å². The van der Waals surface area contributed by atoms with Gasteiger partial charge in [0.1, 0.15) is 0 Å². The molecule has 0 saturated heterocycles. The largest absolute Gasteiger partial charge is 1.00 e. The van der Waals surface area contributed by atoms with Gasteiger partial charge >= 0.3 is 142 Å². The molecule has 4 rings (SSSR count). The number of aromatic carboxylic acids is 4. The smallest absolute Gasteiger partial charge is 1.00 e. The molecule has 4 aromatic rings. The first-order chi connectivity index (χ1) is 18.1. The molecule has 0 radical (unpaired) electrons. The second-order valence-electron chi connectivity index (χ2n) is 8.75. The van der Waals surface area contributed by atoms with E-state index in [4.69, 9.17) is 0 Å². The zero-order valence-electron chi connectivity index (χ0n) is 27.9. The summed E-state index contributed by atoms with van der Waals surface area (Å²) in [6, 6.07) is 24.6. The molecule has 4 aromatic carbocycles. The minimum atomic E-state index is -1.29. The van der Waals surface area contributed by atoms with Crippen LogP contribution >= 0.6 is 0 Å². The van der Waals surface area contributed by atoms with Gasteiger partial charge in [0.2, 0.25) is 0 Å². The van der Waals surface area contributed by atoms with E-state index >= 15 is 0 Å². The van der Waals surface area contributed by atoms with Crippen molar-refractivity contribution in [2.75, 3.05) is 0 Å². The second-order valence-corrected chi connectivity index (χ2v) is 8.75. The Morgan fingerprint density at radius 2 is 0.762 bits per heavy atom. The summed E-state index contributed by atoms with van der Waals surface area (Å²) in [5.41, 5.74) is 0.634. The number of benzene rings is 4. The first-order valence-electron chi connectivity index (χ1n) is 11.5. The van der Waals surface area contributed by atoms with Crippen molar-refractivity contribution in [2.24, 2.45) is 0 Å². The molecule has 8 nitrogen and oxygen atoms in total. The molecular weight excluding hydrogens is 580 g/mol. The van der Waals surface area contributed by atoms with Crippen molar-refractivity contribution in [3.8, 4) is 0 Å². The summed E-state index contributed by atoms with van der Waals surface area (Å²) < 4.78 is 0. The van der Waals surface area contributed by atoms with E-state index in [9.17, 15) is 39.6 Å². The van der Waals surface area contributed by atoms with Crippen molar-refractivity contribution >= 4 is 23.9 Å². The summed E-state index contributed by atoms with van der Waals surface area (Å²) in [4.78, 5) is 47.4. The molecule has 198 valence electrons. The second kappa shape index (κ2) is 17.9. The minimum Gasteiger partial charge on any atom is -1.00 e. The maximum absolute atomic E-state index is 11.9. The molecular formula is C30H26Na4O8. The van der Waals surface area contributed by atoms with E-state index in [0.717, 1.165) is 0 Å². The summed E-state index contributed by atoms with van der Waals surface area (Å²) in [6.45, 7) is 0. The molecule has 0 saturated carbocycles. The first-order valence-corrected chi connectivity index (χ1v) is 11.5. The fourth-order valence-corrected chi connectivity index (χ4v) is 4.68. The van der Waals surface area contributed by atoms with Crippen molar-refractivity contribution in [3.05, 3.63) is 142 Å². The van der Waals surface area contributed by atoms with Gasteiger partial charge in [-0.3, -0.25) is 0 Å². The molecule has 0 aliphatic heterocycles. The van der Waals surface area contributed by atoms with E-state index in [0.29, 0.717) is 22.3 Å². The van der Waals surface area contributed by atoms with Crippen molar-refractivity contribution in [1.29, 1.82) is 0 Å². The topological polar surface area (TPSA) is 149 Å². The van der Waals surface area contributed by atoms with Crippen LogP contribution in [0.25, 0.3) is 0 Å². The number of hydrogen-bond donors (Lipinski definition) is 4. The van der Waals surface area contributed by atoms with Gasteiger partial charge in [0, 0.05) is 5.41 Å². The molecule has 0 atom stereocenters. The third-order valence-corrected chi connectivity index (χ3v) is 6.45. The van der Waals surface area contributed by atoms with Crippen LogP contribution in [0.2, 0.25) is 0 Å². The third kappa shape index (κ3) is 9.14. The standard InChI is InChI=1S/C30H22O8.4Na.4H/c31-26(32)19-6-1-5-18(13-19)17-30(23-10-2-7-20(14-23)27(33)34,24-11-3-8-21(15-24)28(35)36)25-12-4-9-22(16-25)29(37)38;;;;;;;;/h1-16H,17H2,(H,31,32)(H,33,34)(H,35,36)(H,37,38);;;;;;;;/q;4*+1;4*-1. The monoisotopic (exact) mass is 606 g/mol. The summed E-state index contributed by atoms with van der Waals surface area (Å²) in [6.07, 6.45) is 0.0728. The predicted molar refractivity (Wildman–Crippen MR) is 142 cm³/mol. The number of hydrogen-bond acceptors (Lipinski definition) is 4. The molecule has 42 heavy (non-hydrogen) atoms. The van der Waals surface area contributed by atoms with E-state index in [-0.39, 0.29) is 153 Å². The molecule has 12 heteroatoms. The van der Waals surface area contributed by atoms with Crippen LogP contribution in [0.3, 0.4) is 0 Å². The van der Waals surface area contributed by atoms with Gasteiger partial charge < -0.3 is 26.1 Å². The number of carboxylic acids is 4. The van der Waals surface area contributed by atoms with Gasteiger partial charge in [-0.2, -0.15) is 0 Å². The summed E-state index contributed by atoms with van der Waals surface area (Å²) in [7, 11) is 0. The number of rotatable bonds is 9. The number of carbonyl (C=O) groups is 4. The van der Waals surface area contributed by atoms with E-state index in [1.807, 2.05) is 0 Å². The molecule has 0 bridgehead atoms. The first kappa shape index (κ1) is 40.8. The van der Waals surface area contributed by atoms with Crippen LogP contribution in [-0.4, -0.2) is 44.3 Å². The molecule has 0 unspecified atom stereocenters. The molecule has 0 aromatic heterocycles. The zero-order chi connectivity index (χ0) is 27.4. The van der Waals surface area contributed by atoms with E-state index < -0.39 is 29.3 Å². The molecule has 0 amide bonds. The Labute approximate surface area is 336 Å². The van der Waals surface area contributed by atoms with Crippen molar-refractivity contribution < 1.29 is 164 Å². The Bertz CT molecular complexity index is 1470. The summed E-state index contributed by atoms with van der Waals surface area (Å²) >= 11 is 0. The van der Waals surface area contributed by atoms with Crippen LogP contribution in [0.15, 0.2) is 97.1 Å². The van der Waals surface area contributed by atoms with Crippen LogP contribution in [-0.2, 0) is 11.8 Å². The van der Waals surface area contributed by atoms with Crippen LogP contribution in [0.5, 0.6) is 0 Å². The van der Waals surface area contributed by atoms with Gasteiger partial charge in [-0.25, -0.2) is 19.2 Å². The van der Waals surface area contributed by atoms with Gasteiger partial charge in [-0.15, -0.1) is 0 Å². The molecule has 4 N–H and O–H groups in total. The third-order valence-electron chi connectivity index (χ3n) is 6.45. The Balaban J connectivity index is -0.000000700. The maximum Gasteiger partial charge on any atom is 1.00 e. The molecule has 0 aliphatic carbocycles. The minimum absolute atomic E-state index is 0. The fourth-order valence-electron chi connectivity index (χ4n) is 4.68. The van der Waals surface area contributed by atoms with Crippen LogP contribution in [0, 0.1) is 0 Å². The predicted octanol–water partition coefficient (Wildman–Crippen LogP) is -6.48. The number of carboxylic acid groups (broad SMARTS) is 4.